The number of nitrogens with zero attached hydrogens (tertiary/aromatic N) is 2. The lowest BCUT2D eigenvalue weighted by atomic mass is 9.79. The molecular weight excluding hydrogens is 472 g/mol. The summed E-state index contributed by atoms with van der Waals surface area (Å²) in [6.07, 6.45) is 4.14. The van der Waals surface area contributed by atoms with E-state index in [1.165, 1.54) is 4.90 Å². The van der Waals surface area contributed by atoms with Crippen molar-refractivity contribution in [1.29, 1.82) is 0 Å². The highest BCUT2D eigenvalue weighted by Gasteiger charge is 2.28. The number of aromatic hydroxyl groups is 1. The molecule has 0 saturated carbocycles. The van der Waals surface area contributed by atoms with Crippen molar-refractivity contribution in [1.82, 2.24) is 9.80 Å². The summed E-state index contributed by atoms with van der Waals surface area (Å²) in [6.45, 7) is 15.7. The van der Waals surface area contributed by atoms with Crippen molar-refractivity contribution in [3.8, 4) is 17.2 Å². The fraction of sp³-hybridized carbons (Fsp3) is 0.552. The number of hydrogen-bond acceptors (Lipinski definition) is 5. The van der Waals surface area contributed by atoms with Crippen LogP contribution in [0.25, 0.3) is 0 Å². The summed E-state index contributed by atoms with van der Waals surface area (Å²) in [7, 11) is 0.781. The number of phenols is 1. The lowest BCUT2D eigenvalue weighted by Gasteiger charge is -2.33. The molecular formula is C29H44N2O4S. The van der Waals surface area contributed by atoms with Crippen LogP contribution in [0.1, 0.15) is 52.7 Å². The summed E-state index contributed by atoms with van der Waals surface area (Å²) >= 11 is 0. The van der Waals surface area contributed by atoms with E-state index in [-0.39, 0.29) is 16.9 Å². The zero-order chi connectivity index (χ0) is 26.9. The third-order valence-electron chi connectivity index (χ3n) is 6.65. The van der Waals surface area contributed by atoms with Crippen LogP contribution in [0.3, 0.4) is 0 Å². The molecule has 0 radical (unpaired) electrons. The monoisotopic (exact) mass is 516 g/mol. The summed E-state index contributed by atoms with van der Waals surface area (Å²) in [6, 6.07) is 11.7. The summed E-state index contributed by atoms with van der Waals surface area (Å²) in [4.78, 5) is 17.6. The zero-order valence-corrected chi connectivity index (χ0v) is 24.3. The lowest BCUT2D eigenvalue weighted by molar-refractivity contribution is 0.120. The van der Waals surface area contributed by atoms with Gasteiger partial charge >= 0.3 is 6.09 Å². The average Bonchev–Trinajstić information content (AvgIpc) is 2.77. The van der Waals surface area contributed by atoms with Crippen LogP contribution >= 0.6 is 10.0 Å². The van der Waals surface area contributed by atoms with Crippen molar-refractivity contribution in [2.24, 2.45) is 0 Å². The van der Waals surface area contributed by atoms with Crippen molar-refractivity contribution in [3.05, 3.63) is 47.5 Å². The van der Waals surface area contributed by atoms with Crippen molar-refractivity contribution in [2.45, 2.75) is 57.3 Å². The van der Waals surface area contributed by atoms with Gasteiger partial charge in [0.1, 0.15) is 23.2 Å². The highest BCUT2D eigenvalue weighted by molar-refractivity contribution is 8.32. The van der Waals surface area contributed by atoms with Crippen LogP contribution in [0, 0.1) is 0 Å². The van der Waals surface area contributed by atoms with E-state index in [0.29, 0.717) is 30.5 Å². The normalized spacial score (nSPS) is 16.1. The molecule has 1 aliphatic heterocycles. The third kappa shape index (κ3) is 6.88. The van der Waals surface area contributed by atoms with E-state index in [0.717, 1.165) is 30.0 Å². The molecule has 1 fully saturated rings. The van der Waals surface area contributed by atoms with Gasteiger partial charge in [0.2, 0.25) is 0 Å². The number of carbonyl (C=O) groups is 1. The third-order valence-corrected chi connectivity index (χ3v) is 8.90. The van der Waals surface area contributed by atoms with Crippen LogP contribution in [0.15, 0.2) is 41.3 Å². The number of benzene rings is 2. The second kappa shape index (κ2) is 10.5. The van der Waals surface area contributed by atoms with Gasteiger partial charge in [-0.3, -0.25) is 0 Å². The maximum atomic E-state index is 12.5. The number of ether oxygens (including phenoxy) is 2. The number of carbonyl (C=O) groups excluding carboxylic acids is 1. The largest absolute Gasteiger partial charge is 0.507 e. The Morgan fingerprint density at radius 2 is 1.39 bits per heavy atom. The SMILES string of the molecule is CN1CCN(C(=O)Oc2ccc(S(C)(C)COc3cc(C(C)(C)C)c(O)c(C(C)(C)C)c3)cc2)CC1. The second-order valence-corrected chi connectivity index (χ2v) is 16.1. The first kappa shape index (κ1) is 28.2. The van der Waals surface area contributed by atoms with E-state index in [9.17, 15) is 9.90 Å². The van der Waals surface area contributed by atoms with Gasteiger partial charge in [-0.1, -0.05) is 41.5 Å². The minimum absolute atomic E-state index is 0.205. The van der Waals surface area contributed by atoms with Crippen LogP contribution in [0.5, 0.6) is 17.2 Å². The highest BCUT2D eigenvalue weighted by Crippen LogP contribution is 2.50. The molecule has 0 atom stereocenters. The van der Waals surface area contributed by atoms with Crippen LogP contribution in [0.4, 0.5) is 4.79 Å². The summed E-state index contributed by atoms with van der Waals surface area (Å²) in [5.41, 5.74) is 1.38. The number of hydrogen-bond donors (Lipinski definition) is 1. The minimum Gasteiger partial charge on any atom is -0.507 e. The first-order valence-electron chi connectivity index (χ1n) is 12.5. The van der Waals surface area contributed by atoms with Gasteiger partial charge in [0.25, 0.3) is 0 Å². The number of amides is 1. The first-order valence-corrected chi connectivity index (χ1v) is 15.2. The van der Waals surface area contributed by atoms with E-state index in [2.05, 4.69) is 66.0 Å². The molecule has 0 unspecified atom stereocenters. The Balaban J connectivity index is 1.71. The molecule has 1 N–H and O–H groups in total. The predicted molar refractivity (Wildman–Crippen MR) is 150 cm³/mol. The van der Waals surface area contributed by atoms with Crippen LogP contribution in [0.2, 0.25) is 0 Å². The Labute approximate surface area is 218 Å². The van der Waals surface area contributed by atoms with Crippen molar-refractivity contribution in [2.75, 3.05) is 51.7 Å². The molecule has 1 amide bonds. The molecule has 3 rings (SSSR count). The Bertz CT molecular complexity index is 1030. The molecule has 2 aromatic rings. The van der Waals surface area contributed by atoms with E-state index in [4.69, 9.17) is 9.47 Å². The van der Waals surface area contributed by atoms with Gasteiger partial charge in [-0.15, -0.1) is 0 Å². The molecule has 1 saturated heterocycles. The smallest absolute Gasteiger partial charge is 0.415 e. The maximum Gasteiger partial charge on any atom is 0.415 e. The number of rotatable bonds is 5. The number of phenolic OH excluding ortho intramolecular Hbond substituents is 1. The number of likely N-dealkylation sites (N-methyl/N-ethyl adjacent to an activating group) is 1. The van der Waals surface area contributed by atoms with Gasteiger partial charge in [0.05, 0.1) is 0 Å². The molecule has 200 valence electrons. The summed E-state index contributed by atoms with van der Waals surface area (Å²) < 4.78 is 12.0. The molecule has 0 spiro atoms. The zero-order valence-electron chi connectivity index (χ0n) is 23.5. The molecule has 0 bridgehead atoms. The van der Waals surface area contributed by atoms with Gasteiger partial charge in [0, 0.05) is 37.3 Å². The standard InChI is InChI=1S/C29H44N2O4S/c1-28(2,3)24-18-22(19-25(26(24)32)29(4,5)6)34-20-36(8,9)23-12-10-21(11-13-23)35-27(33)31-16-14-30(7)15-17-31/h10-13,18-19,32H,14-17,20H2,1-9H3. The quantitative estimate of drug-likeness (QED) is 0.513. The van der Waals surface area contributed by atoms with Gasteiger partial charge in [0.15, 0.2) is 0 Å². The van der Waals surface area contributed by atoms with Gasteiger partial charge < -0.3 is 24.4 Å². The summed E-state index contributed by atoms with van der Waals surface area (Å²) in [5.74, 6) is 2.24. The fourth-order valence-electron chi connectivity index (χ4n) is 4.15. The molecule has 1 aliphatic rings. The highest BCUT2D eigenvalue weighted by atomic mass is 32.3. The Morgan fingerprint density at radius 1 is 0.889 bits per heavy atom. The predicted octanol–water partition coefficient (Wildman–Crippen LogP) is 6.19. The molecule has 1 heterocycles. The van der Waals surface area contributed by atoms with Crippen LogP contribution in [-0.2, 0) is 10.8 Å². The minimum atomic E-state index is -1.28. The van der Waals surface area contributed by atoms with Crippen molar-refractivity contribution in [3.63, 3.8) is 0 Å². The second-order valence-electron chi connectivity index (χ2n) is 12.3. The van der Waals surface area contributed by atoms with E-state index in [1.807, 2.05) is 36.4 Å². The molecule has 36 heavy (non-hydrogen) atoms. The number of piperazine rings is 1. The van der Waals surface area contributed by atoms with Crippen molar-refractivity contribution >= 4 is 16.1 Å². The first-order chi connectivity index (χ1) is 16.6. The maximum absolute atomic E-state index is 12.5. The summed E-state index contributed by atoms with van der Waals surface area (Å²) in [5, 5.41) is 11.0. The molecule has 7 heteroatoms. The topological polar surface area (TPSA) is 62.2 Å². The van der Waals surface area contributed by atoms with E-state index < -0.39 is 10.0 Å². The Morgan fingerprint density at radius 3 is 1.86 bits per heavy atom. The van der Waals surface area contributed by atoms with Gasteiger partial charge in [-0.2, -0.15) is 10.0 Å². The van der Waals surface area contributed by atoms with Crippen molar-refractivity contribution < 1.29 is 19.4 Å². The Hall–Kier alpha value is -2.38. The molecule has 2 aromatic carbocycles. The Kier molecular flexibility index (Phi) is 8.26. The van der Waals surface area contributed by atoms with E-state index >= 15 is 0 Å². The van der Waals surface area contributed by atoms with E-state index in [1.54, 1.807) is 4.90 Å². The molecule has 0 aromatic heterocycles. The molecule has 6 nitrogen and oxygen atoms in total. The van der Waals surface area contributed by atoms with Gasteiger partial charge in [-0.25, -0.2) is 4.79 Å². The molecule has 0 aliphatic carbocycles. The lowest BCUT2D eigenvalue weighted by Crippen LogP contribution is -2.48. The van der Waals surface area contributed by atoms with Gasteiger partial charge in [-0.05, 0) is 71.7 Å². The van der Waals surface area contributed by atoms with Crippen LogP contribution < -0.4 is 9.47 Å². The van der Waals surface area contributed by atoms with Crippen LogP contribution in [-0.4, -0.2) is 72.7 Å². The average molecular weight is 517 g/mol. The fourth-order valence-corrected chi connectivity index (χ4v) is 5.59.